The van der Waals surface area contributed by atoms with E-state index in [-0.39, 0.29) is 5.91 Å². The molecule has 0 aliphatic heterocycles. The summed E-state index contributed by atoms with van der Waals surface area (Å²) in [5.74, 6) is 0.0718. The average molecular weight is 428 g/mol. The number of rotatable bonds is 4. The topological polar surface area (TPSA) is 85.8 Å². The molecule has 0 saturated carbocycles. The molecule has 3 heterocycles. The van der Waals surface area contributed by atoms with Gasteiger partial charge < -0.3 is 11.1 Å². The fourth-order valence-corrected chi connectivity index (χ4v) is 4.54. The molecule has 3 aromatic heterocycles. The van der Waals surface area contributed by atoms with Crippen LogP contribution in [0.25, 0.3) is 27.9 Å². The van der Waals surface area contributed by atoms with Gasteiger partial charge in [0.1, 0.15) is 16.9 Å². The number of nitrogens with zero attached hydrogens (tertiary/aromatic N) is 3. The third kappa shape index (κ3) is 3.43. The van der Waals surface area contributed by atoms with Crippen molar-refractivity contribution in [1.29, 1.82) is 0 Å². The first-order chi connectivity index (χ1) is 15.0. The zero-order valence-corrected chi connectivity index (χ0v) is 18.0. The molecule has 3 N–H and O–H groups in total. The zero-order chi connectivity index (χ0) is 21.5. The second-order valence-electron chi connectivity index (χ2n) is 7.59. The van der Waals surface area contributed by atoms with E-state index in [4.69, 9.17) is 15.7 Å². The van der Waals surface area contributed by atoms with E-state index in [2.05, 4.69) is 11.4 Å². The summed E-state index contributed by atoms with van der Waals surface area (Å²) in [6.07, 6.45) is 0. The number of aromatic nitrogens is 3. The lowest BCUT2D eigenvalue weighted by Crippen LogP contribution is -2.23. The first-order valence-corrected chi connectivity index (χ1v) is 10.8. The van der Waals surface area contributed by atoms with Crippen LogP contribution in [0.3, 0.4) is 0 Å². The Hall–Kier alpha value is -3.71. The lowest BCUT2D eigenvalue weighted by molar-refractivity contribution is 0.0953. The van der Waals surface area contributed by atoms with Crippen LogP contribution in [0, 0.1) is 13.8 Å². The van der Waals surface area contributed by atoms with E-state index in [0.717, 1.165) is 32.7 Å². The molecule has 0 saturated heterocycles. The highest BCUT2D eigenvalue weighted by atomic mass is 32.1. The summed E-state index contributed by atoms with van der Waals surface area (Å²) in [6.45, 7) is 4.51. The van der Waals surface area contributed by atoms with Crippen LogP contribution in [-0.4, -0.2) is 20.4 Å². The van der Waals surface area contributed by atoms with Gasteiger partial charge in [0, 0.05) is 10.6 Å². The molecule has 31 heavy (non-hydrogen) atoms. The highest BCUT2D eigenvalue weighted by Gasteiger charge is 2.25. The molecule has 0 aliphatic rings. The number of nitrogen functional groups attached to an aromatic ring is 1. The number of thiophene rings is 1. The lowest BCUT2D eigenvalue weighted by Gasteiger charge is -2.10. The Morgan fingerprint density at radius 1 is 1.03 bits per heavy atom. The van der Waals surface area contributed by atoms with E-state index < -0.39 is 0 Å². The molecule has 0 aliphatic carbocycles. The molecule has 154 valence electrons. The van der Waals surface area contributed by atoms with Gasteiger partial charge in [-0.15, -0.1) is 11.3 Å². The number of carbonyl (C=O) groups excluding carboxylic acids is 1. The normalized spacial score (nSPS) is 11.3. The van der Waals surface area contributed by atoms with Gasteiger partial charge in [-0.2, -0.15) is 0 Å². The number of amides is 1. The molecule has 5 aromatic rings. The second-order valence-corrected chi connectivity index (χ2v) is 8.62. The summed E-state index contributed by atoms with van der Waals surface area (Å²) in [5, 5.41) is 4.97. The predicted molar refractivity (Wildman–Crippen MR) is 126 cm³/mol. The maximum Gasteiger partial charge on any atom is 0.257 e. The summed E-state index contributed by atoms with van der Waals surface area (Å²) in [7, 11) is 0. The zero-order valence-electron chi connectivity index (χ0n) is 17.2. The van der Waals surface area contributed by atoms with E-state index >= 15 is 0 Å². The standard InChI is InChI=1S/C24H21N5OS/c1-14-10-15(2)12-16(11-14)29-22(25)20(24(30)26-13-17-6-5-9-31-17)21-23(29)28-19-8-4-3-7-18(19)27-21/h3-12H,13,25H2,1-2H3,(H,26,30). The van der Waals surface area contributed by atoms with Crippen molar-refractivity contribution in [2.75, 3.05) is 5.73 Å². The summed E-state index contributed by atoms with van der Waals surface area (Å²) < 4.78 is 1.83. The second kappa shape index (κ2) is 7.52. The van der Waals surface area contributed by atoms with E-state index in [1.807, 2.05) is 72.3 Å². The van der Waals surface area contributed by atoms with Crippen molar-refractivity contribution in [3.8, 4) is 5.69 Å². The van der Waals surface area contributed by atoms with Gasteiger partial charge in [-0.3, -0.25) is 9.36 Å². The third-order valence-corrected chi connectivity index (χ3v) is 6.07. The number of benzene rings is 2. The molecule has 2 aromatic carbocycles. The number of anilines is 1. The first-order valence-electron chi connectivity index (χ1n) is 9.97. The number of nitrogens with one attached hydrogen (secondary N) is 1. The Labute approximate surface area is 183 Å². The van der Waals surface area contributed by atoms with Crippen LogP contribution in [0.4, 0.5) is 5.82 Å². The summed E-state index contributed by atoms with van der Waals surface area (Å²) in [4.78, 5) is 23.9. The van der Waals surface area contributed by atoms with Crippen LogP contribution in [0.15, 0.2) is 60.0 Å². The molecule has 0 atom stereocenters. The van der Waals surface area contributed by atoms with Crippen molar-refractivity contribution >= 4 is 45.3 Å². The fourth-order valence-electron chi connectivity index (χ4n) is 3.90. The molecule has 7 heteroatoms. The molecule has 0 radical (unpaired) electrons. The Kier molecular flexibility index (Phi) is 4.67. The maximum atomic E-state index is 13.2. The minimum absolute atomic E-state index is 0.261. The van der Waals surface area contributed by atoms with E-state index in [1.165, 1.54) is 0 Å². The molecule has 1 amide bonds. The number of hydrogen-bond acceptors (Lipinski definition) is 5. The summed E-state index contributed by atoms with van der Waals surface area (Å²) in [6, 6.07) is 17.7. The summed E-state index contributed by atoms with van der Waals surface area (Å²) >= 11 is 1.60. The molecule has 6 nitrogen and oxygen atoms in total. The van der Waals surface area contributed by atoms with Gasteiger partial charge in [0.05, 0.1) is 17.6 Å². The molecule has 0 spiro atoms. The summed E-state index contributed by atoms with van der Waals surface area (Å²) in [5.41, 5.74) is 12.6. The van der Waals surface area contributed by atoms with E-state index in [9.17, 15) is 4.79 Å². The van der Waals surface area contributed by atoms with Crippen molar-refractivity contribution in [2.24, 2.45) is 0 Å². The van der Waals surface area contributed by atoms with E-state index in [1.54, 1.807) is 11.3 Å². The number of para-hydroxylation sites is 2. The van der Waals surface area contributed by atoms with Crippen LogP contribution in [0.5, 0.6) is 0 Å². The molecule has 5 rings (SSSR count). The highest BCUT2D eigenvalue weighted by molar-refractivity contribution is 7.09. The lowest BCUT2D eigenvalue weighted by atomic mass is 10.1. The van der Waals surface area contributed by atoms with Gasteiger partial charge in [-0.25, -0.2) is 9.97 Å². The number of fused-ring (bicyclic) bond motifs is 2. The van der Waals surface area contributed by atoms with Crippen molar-refractivity contribution < 1.29 is 4.79 Å². The Morgan fingerprint density at radius 3 is 2.42 bits per heavy atom. The molecule has 0 unspecified atom stereocenters. The van der Waals surface area contributed by atoms with Gasteiger partial charge in [-0.1, -0.05) is 24.3 Å². The van der Waals surface area contributed by atoms with Crippen LogP contribution in [-0.2, 0) is 6.54 Å². The van der Waals surface area contributed by atoms with Gasteiger partial charge in [-0.05, 0) is 60.7 Å². The largest absolute Gasteiger partial charge is 0.384 e. The maximum absolute atomic E-state index is 13.2. The minimum atomic E-state index is -0.261. The quantitative estimate of drug-likeness (QED) is 0.433. The van der Waals surface area contributed by atoms with Gasteiger partial charge >= 0.3 is 0 Å². The molecular weight excluding hydrogens is 406 g/mol. The minimum Gasteiger partial charge on any atom is -0.384 e. The van der Waals surface area contributed by atoms with Crippen molar-refractivity contribution in [2.45, 2.75) is 20.4 Å². The van der Waals surface area contributed by atoms with Crippen molar-refractivity contribution in [1.82, 2.24) is 19.9 Å². The highest BCUT2D eigenvalue weighted by Crippen LogP contribution is 2.31. The third-order valence-electron chi connectivity index (χ3n) is 5.19. The van der Waals surface area contributed by atoms with Crippen LogP contribution in [0.1, 0.15) is 26.4 Å². The van der Waals surface area contributed by atoms with Crippen molar-refractivity contribution in [3.05, 3.63) is 81.5 Å². The van der Waals surface area contributed by atoms with Gasteiger partial charge in [0.25, 0.3) is 5.91 Å². The predicted octanol–water partition coefficient (Wildman–Crippen LogP) is 4.76. The fraction of sp³-hybridized carbons (Fsp3) is 0.125. The number of carbonyl (C=O) groups is 1. The number of hydrogen-bond donors (Lipinski definition) is 2. The molecule has 0 bridgehead atoms. The Balaban J connectivity index is 1.73. The van der Waals surface area contributed by atoms with Crippen LogP contribution in [0.2, 0.25) is 0 Å². The van der Waals surface area contributed by atoms with Crippen molar-refractivity contribution in [3.63, 3.8) is 0 Å². The van der Waals surface area contributed by atoms with E-state index in [0.29, 0.717) is 29.1 Å². The monoisotopic (exact) mass is 427 g/mol. The Bertz CT molecular complexity index is 1420. The van der Waals surface area contributed by atoms with Crippen LogP contribution < -0.4 is 11.1 Å². The molecular formula is C24H21N5OS. The first kappa shape index (κ1) is 19.3. The molecule has 0 fully saturated rings. The smallest absolute Gasteiger partial charge is 0.257 e. The van der Waals surface area contributed by atoms with Crippen LogP contribution >= 0.6 is 11.3 Å². The Morgan fingerprint density at radius 2 is 1.74 bits per heavy atom. The SMILES string of the molecule is Cc1cc(C)cc(-n2c(N)c(C(=O)NCc3cccs3)c3nc4ccccc4nc32)c1. The van der Waals surface area contributed by atoms with Gasteiger partial charge in [0.15, 0.2) is 5.65 Å². The number of nitrogens with two attached hydrogens (primary N) is 1. The average Bonchev–Trinajstić information content (AvgIpc) is 3.35. The van der Waals surface area contributed by atoms with Gasteiger partial charge in [0.2, 0.25) is 0 Å². The number of aryl methyl sites for hydroxylation is 2.